The van der Waals surface area contributed by atoms with E-state index in [0.29, 0.717) is 17.6 Å². The molecular weight excluding hydrogens is 489 g/mol. The van der Waals surface area contributed by atoms with Gasteiger partial charge in [-0.2, -0.15) is 16.9 Å². The Bertz CT molecular complexity index is 1130. The maximum Gasteiger partial charge on any atom is 0.257 e. The predicted molar refractivity (Wildman–Crippen MR) is 130 cm³/mol. The summed E-state index contributed by atoms with van der Waals surface area (Å²) in [6, 6.07) is 4.70. The molecule has 0 saturated carbocycles. The Morgan fingerprint density at radius 3 is 2.70 bits per heavy atom. The highest BCUT2D eigenvalue weighted by molar-refractivity contribution is 7.99. The van der Waals surface area contributed by atoms with Crippen molar-refractivity contribution in [2.24, 2.45) is 0 Å². The van der Waals surface area contributed by atoms with Crippen molar-refractivity contribution >= 4 is 57.5 Å². The van der Waals surface area contributed by atoms with E-state index in [0.717, 1.165) is 58.1 Å². The van der Waals surface area contributed by atoms with Gasteiger partial charge in [-0.1, -0.05) is 23.2 Å². The summed E-state index contributed by atoms with van der Waals surface area (Å²) in [6.45, 7) is 1.63. The average molecular weight is 513 g/mol. The first-order valence-electron chi connectivity index (χ1n) is 11.0. The Kier molecular flexibility index (Phi) is 6.92. The maximum atomic E-state index is 12.7. The highest BCUT2D eigenvalue weighted by Crippen LogP contribution is 2.37. The van der Waals surface area contributed by atoms with Crippen molar-refractivity contribution in [2.75, 3.05) is 29.9 Å². The van der Waals surface area contributed by atoms with Crippen LogP contribution in [0.2, 0.25) is 10.2 Å². The quantitative estimate of drug-likeness (QED) is 0.448. The van der Waals surface area contributed by atoms with Gasteiger partial charge in [0.25, 0.3) is 6.43 Å². The Balaban J connectivity index is 1.33. The topological polar surface area (TPSA) is 58.9 Å². The number of thioether (sulfide) groups is 1. The largest absolute Gasteiger partial charge is 0.320 e. The van der Waals surface area contributed by atoms with Crippen LogP contribution in [-0.2, 0) is 6.54 Å². The molecule has 0 radical (unpaired) electrons. The molecule has 1 atom stereocenters. The Hall–Kier alpha value is -1.68. The van der Waals surface area contributed by atoms with Gasteiger partial charge in [-0.3, -0.25) is 4.90 Å². The van der Waals surface area contributed by atoms with Crippen molar-refractivity contribution in [3.05, 3.63) is 40.3 Å². The van der Waals surface area contributed by atoms with Gasteiger partial charge in [0.15, 0.2) is 5.15 Å². The van der Waals surface area contributed by atoms with Crippen molar-refractivity contribution < 1.29 is 8.78 Å². The molecule has 1 aromatic carbocycles. The summed E-state index contributed by atoms with van der Waals surface area (Å²) in [5, 5.41) is 8.56. The molecule has 33 heavy (non-hydrogen) atoms. The molecular formula is C22H24Cl2F2N6S. The summed E-state index contributed by atoms with van der Waals surface area (Å²) in [5.74, 6) is 3.25. The van der Waals surface area contributed by atoms with E-state index in [1.54, 1.807) is 6.20 Å². The predicted octanol–water partition coefficient (Wildman–Crippen LogP) is 5.83. The summed E-state index contributed by atoms with van der Waals surface area (Å²) in [4.78, 5) is 11.6. The lowest BCUT2D eigenvalue weighted by Crippen LogP contribution is -2.41. The number of aromatic nitrogens is 4. The molecule has 176 valence electrons. The lowest BCUT2D eigenvalue weighted by atomic mass is 9.88. The molecule has 2 saturated heterocycles. The minimum absolute atomic E-state index is 0.0863. The molecule has 0 amide bonds. The molecule has 2 aromatic heterocycles. The van der Waals surface area contributed by atoms with Crippen LogP contribution in [0.25, 0.3) is 10.9 Å². The van der Waals surface area contributed by atoms with Gasteiger partial charge in [-0.15, -0.1) is 0 Å². The molecule has 1 N–H and O–H groups in total. The van der Waals surface area contributed by atoms with Gasteiger partial charge >= 0.3 is 0 Å². The fourth-order valence-corrected chi connectivity index (χ4v) is 6.45. The van der Waals surface area contributed by atoms with Crippen LogP contribution in [0.3, 0.4) is 0 Å². The molecule has 4 heterocycles. The van der Waals surface area contributed by atoms with E-state index in [-0.39, 0.29) is 5.15 Å². The summed E-state index contributed by atoms with van der Waals surface area (Å²) in [6.07, 6.45) is 4.01. The molecule has 3 aromatic rings. The van der Waals surface area contributed by atoms with Gasteiger partial charge in [-0.25, -0.2) is 23.4 Å². The molecule has 0 spiro atoms. The summed E-state index contributed by atoms with van der Waals surface area (Å²) < 4.78 is 26.4. The minimum atomic E-state index is -2.54. The Morgan fingerprint density at radius 1 is 1.15 bits per heavy atom. The number of halogens is 4. The zero-order valence-corrected chi connectivity index (χ0v) is 20.2. The third-order valence-electron chi connectivity index (χ3n) is 6.42. The number of alkyl halides is 2. The van der Waals surface area contributed by atoms with E-state index < -0.39 is 13.0 Å². The number of piperidine rings is 1. The summed E-state index contributed by atoms with van der Waals surface area (Å²) in [5.41, 5.74) is 2.28. The number of benzene rings is 1. The third-order valence-corrected chi connectivity index (χ3v) is 8.29. The first-order chi connectivity index (χ1) is 16.0. The van der Waals surface area contributed by atoms with E-state index in [2.05, 4.69) is 43.1 Å². The van der Waals surface area contributed by atoms with Crippen molar-refractivity contribution in [1.29, 1.82) is 0 Å². The van der Waals surface area contributed by atoms with Gasteiger partial charge in [0, 0.05) is 28.4 Å². The summed E-state index contributed by atoms with van der Waals surface area (Å²) >= 11 is 14.9. The molecule has 6 nitrogen and oxygen atoms in total. The van der Waals surface area contributed by atoms with Crippen LogP contribution in [0.4, 0.5) is 20.4 Å². The molecule has 2 aliphatic heterocycles. The average Bonchev–Trinajstić information content (AvgIpc) is 3.45. The lowest BCUT2D eigenvalue weighted by Gasteiger charge is -2.36. The van der Waals surface area contributed by atoms with Crippen molar-refractivity contribution in [3.63, 3.8) is 0 Å². The SMILES string of the molecule is FC(F)Cn1ncc(Nc2ncc3cc(Cl)c(C4CCN(C5CCSC5)CC4)cc3n2)c1Cl. The van der Waals surface area contributed by atoms with Crippen LogP contribution >= 0.6 is 35.0 Å². The second-order valence-electron chi connectivity index (χ2n) is 8.50. The van der Waals surface area contributed by atoms with Crippen LogP contribution in [0.1, 0.15) is 30.7 Å². The molecule has 11 heteroatoms. The standard InChI is InChI=1S/C22H24Cl2F2N6S/c23-17-7-14-9-27-22(30-19-10-28-32(21(19)24)11-20(25)26)29-18(14)8-16(17)13-1-4-31(5-2-13)15-3-6-33-12-15/h7-10,13,15,20H,1-6,11-12H2,(H,27,29,30). The van der Waals surface area contributed by atoms with Gasteiger partial charge in [0.05, 0.1) is 17.4 Å². The van der Waals surface area contributed by atoms with Gasteiger partial charge < -0.3 is 5.32 Å². The first kappa shape index (κ1) is 23.1. The fraction of sp³-hybridized carbons (Fsp3) is 0.500. The number of hydrogen-bond donors (Lipinski definition) is 1. The smallest absolute Gasteiger partial charge is 0.257 e. The Morgan fingerprint density at radius 2 is 1.97 bits per heavy atom. The fourth-order valence-electron chi connectivity index (χ4n) is 4.66. The first-order valence-corrected chi connectivity index (χ1v) is 12.9. The normalized spacial score (nSPS) is 20.2. The van der Waals surface area contributed by atoms with Gasteiger partial charge in [-0.05, 0) is 61.7 Å². The van der Waals surface area contributed by atoms with Crippen LogP contribution in [0.15, 0.2) is 24.5 Å². The van der Waals surface area contributed by atoms with Crippen LogP contribution in [0, 0.1) is 0 Å². The Labute approximate surface area is 205 Å². The maximum absolute atomic E-state index is 12.7. The molecule has 2 fully saturated rings. The molecule has 1 unspecified atom stereocenters. The minimum Gasteiger partial charge on any atom is -0.320 e. The molecule has 2 aliphatic rings. The van der Waals surface area contributed by atoms with Gasteiger partial charge in [0.2, 0.25) is 5.95 Å². The van der Waals surface area contributed by atoms with E-state index in [1.807, 2.05) is 6.07 Å². The van der Waals surface area contributed by atoms with Gasteiger partial charge in [0.1, 0.15) is 6.54 Å². The highest BCUT2D eigenvalue weighted by Gasteiger charge is 2.29. The number of nitrogens with one attached hydrogen (secondary N) is 1. The number of anilines is 2. The van der Waals surface area contributed by atoms with E-state index in [1.165, 1.54) is 24.1 Å². The number of likely N-dealkylation sites (tertiary alicyclic amines) is 1. The van der Waals surface area contributed by atoms with E-state index in [9.17, 15) is 8.78 Å². The lowest BCUT2D eigenvalue weighted by molar-refractivity contribution is 0.122. The molecule has 0 aliphatic carbocycles. The van der Waals surface area contributed by atoms with Crippen LogP contribution in [0.5, 0.6) is 0 Å². The summed E-state index contributed by atoms with van der Waals surface area (Å²) in [7, 11) is 0. The van der Waals surface area contributed by atoms with Crippen molar-refractivity contribution in [1.82, 2.24) is 24.6 Å². The highest BCUT2D eigenvalue weighted by atomic mass is 35.5. The second-order valence-corrected chi connectivity index (χ2v) is 10.4. The molecule has 0 bridgehead atoms. The second kappa shape index (κ2) is 9.90. The monoisotopic (exact) mass is 512 g/mol. The van der Waals surface area contributed by atoms with Crippen LogP contribution < -0.4 is 5.32 Å². The third kappa shape index (κ3) is 5.06. The number of hydrogen-bond acceptors (Lipinski definition) is 6. The van der Waals surface area contributed by atoms with Crippen molar-refractivity contribution in [3.8, 4) is 0 Å². The zero-order chi connectivity index (χ0) is 22.9. The number of fused-ring (bicyclic) bond motifs is 1. The molecule has 5 rings (SSSR count). The van der Waals surface area contributed by atoms with Crippen LogP contribution in [-0.4, -0.2) is 61.7 Å². The van der Waals surface area contributed by atoms with E-state index in [4.69, 9.17) is 23.2 Å². The van der Waals surface area contributed by atoms with E-state index >= 15 is 0 Å². The van der Waals surface area contributed by atoms with Crippen molar-refractivity contribution in [2.45, 2.75) is 44.2 Å². The number of rotatable bonds is 6. The zero-order valence-electron chi connectivity index (χ0n) is 17.9. The number of nitrogens with zero attached hydrogens (tertiary/aromatic N) is 5.